The van der Waals surface area contributed by atoms with Gasteiger partial charge in [0.05, 0.1) is 31.3 Å². The van der Waals surface area contributed by atoms with Gasteiger partial charge in [-0.2, -0.15) is 5.10 Å². The summed E-state index contributed by atoms with van der Waals surface area (Å²) in [4.78, 5) is 24.8. The SMILES string of the molecule is COc1ccc(C=NNC(=O)c2ccc3c(=O)oc4ccc(C)n4c3c2)c(OC)c1. The van der Waals surface area contributed by atoms with Crippen molar-refractivity contribution in [2.24, 2.45) is 5.10 Å². The van der Waals surface area contributed by atoms with Gasteiger partial charge in [-0.1, -0.05) is 0 Å². The quantitative estimate of drug-likeness (QED) is 0.407. The van der Waals surface area contributed by atoms with Crippen molar-refractivity contribution >= 4 is 28.7 Å². The number of amides is 1. The van der Waals surface area contributed by atoms with Crippen LogP contribution >= 0.6 is 0 Å². The van der Waals surface area contributed by atoms with Gasteiger partial charge in [0.2, 0.25) is 5.71 Å². The number of methoxy groups -OCH3 is 2. The number of ether oxygens (including phenoxy) is 2. The number of hydrogen-bond donors (Lipinski definition) is 1. The van der Waals surface area contributed by atoms with Gasteiger partial charge in [-0.3, -0.25) is 9.20 Å². The minimum absolute atomic E-state index is 0.362. The van der Waals surface area contributed by atoms with E-state index in [4.69, 9.17) is 13.9 Å². The summed E-state index contributed by atoms with van der Waals surface area (Å²) in [5, 5.41) is 4.41. The maximum atomic E-state index is 12.6. The van der Waals surface area contributed by atoms with Crippen molar-refractivity contribution in [2.45, 2.75) is 6.92 Å². The van der Waals surface area contributed by atoms with Gasteiger partial charge >= 0.3 is 5.63 Å². The van der Waals surface area contributed by atoms with E-state index in [9.17, 15) is 9.59 Å². The van der Waals surface area contributed by atoms with Crippen molar-refractivity contribution < 1.29 is 18.7 Å². The van der Waals surface area contributed by atoms with Crippen molar-refractivity contribution in [3.8, 4) is 11.5 Å². The number of hydrogen-bond acceptors (Lipinski definition) is 6. The van der Waals surface area contributed by atoms with Gasteiger partial charge in [0, 0.05) is 29.0 Å². The Morgan fingerprint density at radius 2 is 1.93 bits per heavy atom. The van der Waals surface area contributed by atoms with E-state index in [2.05, 4.69) is 10.5 Å². The van der Waals surface area contributed by atoms with E-state index in [1.807, 2.05) is 13.0 Å². The summed E-state index contributed by atoms with van der Waals surface area (Å²) >= 11 is 0. The highest BCUT2D eigenvalue weighted by Crippen LogP contribution is 2.23. The molecule has 1 amide bonds. The number of carbonyl (C=O) groups excluding carboxylic acids is 1. The molecule has 0 saturated heterocycles. The molecule has 0 fully saturated rings. The first-order valence-electron chi connectivity index (χ1n) is 9.12. The first-order chi connectivity index (χ1) is 14.5. The molecule has 0 bridgehead atoms. The van der Waals surface area contributed by atoms with Crippen LogP contribution in [-0.4, -0.2) is 30.7 Å². The van der Waals surface area contributed by atoms with E-state index in [1.165, 1.54) is 6.21 Å². The van der Waals surface area contributed by atoms with Crippen molar-refractivity contribution in [1.82, 2.24) is 9.83 Å². The van der Waals surface area contributed by atoms with Crippen LogP contribution in [0.25, 0.3) is 16.6 Å². The topological polar surface area (TPSA) is 94.5 Å². The molecule has 2 heterocycles. The maximum Gasteiger partial charge on any atom is 0.346 e. The van der Waals surface area contributed by atoms with Gasteiger partial charge < -0.3 is 13.9 Å². The summed E-state index contributed by atoms with van der Waals surface area (Å²) in [6.45, 7) is 1.89. The molecule has 30 heavy (non-hydrogen) atoms. The molecule has 8 heteroatoms. The molecule has 0 radical (unpaired) electrons. The first-order valence-corrected chi connectivity index (χ1v) is 9.12. The summed E-state index contributed by atoms with van der Waals surface area (Å²) < 4.78 is 17.6. The molecule has 2 aromatic heterocycles. The Morgan fingerprint density at radius 1 is 1.10 bits per heavy atom. The van der Waals surface area contributed by atoms with E-state index < -0.39 is 11.5 Å². The molecule has 4 rings (SSSR count). The lowest BCUT2D eigenvalue weighted by Crippen LogP contribution is -2.18. The molecule has 0 saturated carbocycles. The van der Waals surface area contributed by atoms with Crippen molar-refractivity contribution in [1.29, 1.82) is 0 Å². The van der Waals surface area contributed by atoms with Gasteiger partial charge in [0.25, 0.3) is 5.91 Å². The predicted molar refractivity (Wildman–Crippen MR) is 113 cm³/mol. The fraction of sp³-hybridized carbons (Fsp3) is 0.136. The molecule has 8 nitrogen and oxygen atoms in total. The molecule has 0 atom stereocenters. The number of aryl methyl sites for hydroxylation is 1. The third-order valence-electron chi connectivity index (χ3n) is 4.77. The molecule has 1 N–H and O–H groups in total. The van der Waals surface area contributed by atoms with Crippen LogP contribution < -0.4 is 20.5 Å². The molecule has 4 aromatic rings. The van der Waals surface area contributed by atoms with Crippen LogP contribution in [0.5, 0.6) is 11.5 Å². The van der Waals surface area contributed by atoms with E-state index >= 15 is 0 Å². The molecule has 2 aromatic carbocycles. The molecular weight excluding hydrogens is 386 g/mol. The van der Waals surface area contributed by atoms with Crippen LogP contribution in [0, 0.1) is 6.92 Å². The fourth-order valence-electron chi connectivity index (χ4n) is 3.23. The summed E-state index contributed by atoms with van der Waals surface area (Å²) in [6.07, 6.45) is 1.49. The molecule has 0 aliphatic rings. The van der Waals surface area contributed by atoms with Gasteiger partial charge in [-0.25, -0.2) is 10.2 Å². The number of nitrogens with zero attached hydrogens (tertiary/aromatic N) is 2. The van der Waals surface area contributed by atoms with E-state index in [-0.39, 0.29) is 0 Å². The minimum Gasteiger partial charge on any atom is -0.497 e. The number of aromatic nitrogens is 1. The normalized spacial score (nSPS) is 11.3. The zero-order valence-corrected chi connectivity index (χ0v) is 16.6. The highest BCUT2D eigenvalue weighted by Gasteiger charge is 2.12. The number of carbonyl (C=O) groups is 1. The number of fused-ring (bicyclic) bond motifs is 3. The lowest BCUT2D eigenvalue weighted by atomic mass is 10.1. The van der Waals surface area contributed by atoms with Gasteiger partial charge in [0.1, 0.15) is 11.5 Å². The van der Waals surface area contributed by atoms with Crippen LogP contribution in [0.15, 0.2) is 62.8 Å². The Hall–Kier alpha value is -4.07. The molecular formula is C22H19N3O5. The summed E-state index contributed by atoms with van der Waals surface area (Å²) in [6, 6.07) is 13.6. The lowest BCUT2D eigenvalue weighted by Gasteiger charge is -2.07. The maximum absolute atomic E-state index is 12.6. The Bertz CT molecular complexity index is 1350. The molecule has 0 aliphatic carbocycles. The summed E-state index contributed by atoms with van der Waals surface area (Å²) in [7, 11) is 3.11. The van der Waals surface area contributed by atoms with Crippen LogP contribution in [0.2, 0.25) is 0 Å². The second kappa shape index (κ2) is 7.75. The number of rotatable bonds is 5. The zero-order valence-electron chi connectivity index (χ0n) is 16.6. The standard InChI is InChI=1S/C22H19N3O5/c1-13-4-9-20-25(13)18-10-14(6-8-17(18)22(27)30-20)21(26)24-23-12-15-5-7-16(28-2)11-19(15)29-3/h4-12H,1-3H3,(H,24,26). The molecule has 0 spiro atoms. The second-order valence-electron chi connectivity index (χ2n) is 6.58. The Balaban J connectivity index is 1.62. The lowest BCUT2D eigenvalue weighted by molar-refractivity contribution is 0.0955. The van der Waals surface area contributed by atoms with Crippen molar-refractivity contribution in [3.63, 3.8) is 0 Å². The highest BCUT2D eigenvalue weighted by molar-refractivity contribution is 5.98. The molecule has 0 aliphatic heterocycles. The van der Waals surface area contributed by atoms with Gasteiger partial charge in [-0.15, -0.1) is 0 Å². The largest absolute Gasteiger partial charge is 0.497 e. The third kappa shape index (κ3) is 3.39. The first kappa shape index (κ1) is 19.3. The Kier molecular flexibility index (Phi) is 4.97. The highest BCUT2D eigenvalue weighted by atomic mass is 16.5. The second-order valence-corrected chi connectivity index (χ2v) is 6.58. The van der Waals surface area contributed by atoms with E-state index in [1.54, 1.807) is 61.1 Å². The van der Waals surface area contributed by atoms with E-state index in [0.717, 1.165) is 5.69 Å². The minimum atomic E-state index is -0.452. The molecule has 0 unspecified atom stereocenters. The smallest absolute Gasteiger partial charge is 0.346 e. The number of benzene rings is 2. The molecule has 152 valence electrons. The van der Waals surface area contributed by atoms with Crippen molar-refractivity contribution in [2.75, 3.05) is 14.2 Å². The van der Waals surface area contributed by atoms with Gasteiger partial charge in [-0.05, 0) is 43.3 Å². The monoisotopic (exact) mass is 405 g/mol. The third-order valence-corrected chi connectivity index (χ3v) is 4.77. The van der Waals surface area contributed by atoms with Crippen LogP contribution in [0.1, 0.15) is 21.6 Å². The number of nitrogens with one attached hydrogen (secondary N) is 1. The van der Waals surface area contributed by atoms with Crippen LogP contribution in [-0.2, 0) is 0 Å². The summed E-state index contributed by atoms with van der Waals surface area (Å²) in [5.41, 5.74) is 4.99. The Morgan fingerprint density at radius 3 is 2.70 bits per heavy atom. The summed E-state index contributed by atoms with van der Waals surface area (Å²) in [5.74, 6) is 0.808. The Labute approximate surface area is 171 Å². The van der Waals surface area contributed by atoms with E-state index in [0.29, 0.717) is 39.2 Å². The van der Waals surface area contributed by atoms with Gasteiger partial charge in [0.15, 0.2) is 0 Å². The van der Waals surface area contributed by atoms with Crippen molar-refractivity contribution in [3.05, 3.63) is 75.8 Å². The average Bonchev–Trinajstić information content (AvgIpc) is 3.14. The van der Waals surface area contributed by atoms with Crippen LogP contribution in [0.4, 0.5) is 0 Å². The zero-order chi connectivity index (χ0) is 21.3. The fourth-order valence-corrected chi connectivity index (χ4v) is 3.23. The number of hydrazone groups is 1. The average molecular weight is 405 g/mol. The predicted octanol–water partition coefficient (Wildman–Crippen LogP) is 3.14. The van der Waals surface area contributed by atoms with Crippen LogP contribution in [0.3, 0.4) is 0 Å².